The molecule has 102 valence electrons. The SMILES string of the molecule is CC(C)CN(CC(C)C)c1cc(Br)cc(CN)c1. The average Bonchev–Trinajstić information content (AvgIpc) is 2.26. The van der Waals surface area contributed by atoms with Gasteiger partial charge in [-0.05, 0) is 35.6 Å². The summed E-state index contributed by atoms with van der Waals surface area (Å²) in [6.07, 6.45) is 0. The molecule has 0 saturated carbocycles. The van der Waals surface area contributed by atoms with E-state index in [9.17, 15) is 0 Å². The van der Waals surface area contributed by atoms with Crippen LogP contribution in [-0.4, -0.2) is 13.1 Å². The predicted octanol–water partition coefficient (Wildman–Crippen LogP) is 4.03. The van der Waals surface area contributed by atoms with E-state index in [4.69, 9.17) is 5.73 Å². The third-order valence-corrected chi connectivity index (χ3v) is 3.17. The highest BCUT2D eigenvalue weighted by Crippen LogP contribution is 2.24. The summed E-state index contributed by atoms with van der Waals surface area (Å²) in [6.45, 7) is 11.8. The lowest BCUT2D eigenvalue weighted by Crippen LogP contribution is -2.31. The summed E-state index contributed by atoms with van der Waals surface area (Å²) in [6, 6.07) is 6.48. The van der Waals surface area contributed by atoms with Crippen LogP contribution in [0, 0.1) is 11.8 Å². The maximum Gasteiger partial charge on any atom is 0.0380 e. The summed E-state index contributed by atoms with van der Waals surface area (Å²) in [4.78, 5) is 2.46. The van der Waals surface area contributed by atoms with Crippen molar-refractivity contribution in [2.24, 2.45) is 17.6 Å². The molecule has 0 bridgehead atoms. The van der Waals surface area contributed by atoms with E-state index in [1.54, 1.807) is 0 Å². The van der Waals surface area contributed by atoms with Crippen molar-refractivity contribution in [3.8, 4) is 0 Å². The molecule has 0 atom stereocenters. The molecule has 0 aliphatic carbocycles. The van der Waals surface area contributed by atoms with Crippen molar-refractivity contribution in [3.05, 3.63) is 28.2 Å². The predicted molar refractivity (Wildman–Crippen MR) is 83.9 cm³/mol. The Labute approximate surface area is 120 Å². The number of nitrogens with zero attached hydrogens (tertiary/aromatic N) is 1. The fraction of sp³-hybridized carbons (Fsp3) is 0.600. The first kappa shape index (κ1) is 15.5. The van der Waals surface area contributed by atoms with Gasteiger partial charge in [-0.2, -0.15) is 0 Å². The van der Waals surface area contributed by atoms with Crippen molar-refractivity contribution >= 4 is 21.6 Å². The van der Waals surface area contributed by atoms with Crippen LogP contribution in [0.1, 0.15) is 33.3 Å². The van der Waals surface area contributed by atoms with Crippen LogP contribution in [0.15, 0.2) is 22.7 Å². The standard InChI is InChI=1S/C15H25BrN2/c1-11(2)9-18(10-12(3)4)15-6-13(8-17)5-14(16)7-15/h5-7,11-12H,8-10,17H2,1-4H3. The van der Waals surface area contributed by atoms with E-state index < -0.39 is 0 Å². The second-order valence-electron chi connectivity index (χ2n) is 5.71. The summed E-state index contributed by atoms with van der Waals surface area (Å²) in [5, 5.41) is 0. The number of rotatable bonds is 6. The Hall–Kier alpha value is -0.540. The highest BCUT2D eigenvalue weighted by atomic mass is 79.9. The highest BCUT2D eigenvalue weighted by molar-refractivity contribution is 9.10. The Balaban J connectivity index is 2.99. The Morgan fingerprint density at radius 1 is 1.06 bits per heavy atom. The molecule has 3 heteroatoms. The zero-order valence-corrected chi connectivity index (χ0v) is 13.5. The fourth-order valence-electron chi connectivity index (χ4n) is 2.10. The Morgan fingerprint density at radius 3 is 2.06 bits per heavy atom. The van der Waals surface area contributed by atoms with E-state index >= 15 is 0 Å². The van der Waals surface area contributed by atoms with Crippen LogP contribution in [-0.2, 0) is 6.54 Å². The number of hydrogen-bond acceptors (Lipinski definition) is 2. The molecule has 0 heterocycles. The van der Waals surface area contributed by atoms with Gasteiger partial charge in [0.05, 0.1) is 0 Å². The lowest BCUT2D eigenvalue weighted by Gasteiger charge is -2.29. The quantitative estimate of drug-likeness (QED) is 0.859. The molecule has 0 saturated heterocycles. The maximum atomic E-state index is 5.75. The minimum atomic E-state index is 0.587. The van der Waals surface area contributed by atoms with Crippen molar-refractivity contribution in [1.29, 1.82) is 0 Å². The summed E-state index contributed by atoms with van der Waals surface area (Å²) in [5.41, 5.74) is 8.20. The summed E-state index contributed by atoms with van der Waals surface area (Å²) in [5.74, 6) is 1.31. The zero-order chi connectivity index (χ0) is 13.7. The van der Waals surface area contributed by atoms with Gasteiger partial charge in [-0.1, -0.05) is 43.6 Å². The van der Waals surface area contributed by atoms with E-state index in [0.29, 0.717) is 18.4 Å². The van der Waals surface area contributed by atoms with Crippen molar-refractivity contribution in [2.75, 3.05) is 18.0 Å². The molecule has 0 aliphatic rings. The van der Waals surface area contributed by atoms with Crippen LogP contribution in [0.25, 0.3) is 0 Å². The molecule has 0 aliphatic heterocycles. The number of nitrogens with two attached hydrogens (primary N) is 1. The molecule has 0 fully saturated rings. The molecule has 2 N–H and O–H groups in total. The van der Waals surface area contributed by atoms with Crippen LogP contribution >= 0.6 is 15.9 Å². The lowest BCUT2D eigenvalue weighted by atomic mass is 10.1. The van der Waals surface area contributed by atoms with Gasteiger partial charge in [-0.25, -0.2) is 0 Å². The molecule has 1 rings (SSSR count). The van der Waals surface area contributed by atoms with E-state index in [0.717, 1.165) is 17.6 Å². The van der Waals surface area contributed by atoms with Gasteiger partial charge in [0.25, 0.3) is 0 Å². The zero-order valence-electron chi connectivity index (χ0n) is 11.9. The Kier molecular flexibility index (Phi) is 6.16. The first-order valence-corrected chi connectivity index (χ1v) is 7.46. The van der Waals surface area contributed by atoms with Crippen molar-refractivity contribution in [1.82, 2.24) is 0 Å². The van der Waals surface area contributed by atoms with E-state index in [-0.39, 0.29) is 0 Å². The smallest absolute Gasteiger partial charge is 0.0380 e. The van der Waals surface area contributed by atoms with Gasteiger partial charge >= 0.3 is 0 Å². The normalized spacial score (nSPS) is 11.3. The number of anilines is 1. The molecule has 1 aromatic rings. The van der Waals surface area contributed by atoms with Crippen molar-refractivity contribution in [3.63, 3.8) is 0 Å². The molecule has 0 aromatic heterocycles. The maximum absolute atomic E-state index is 5.75. The van der Waals surface area contributed by atoms with Crippen LogP contribution in [0.4, 0.5) is 5.69 Å². The molecular formula is C15H25BrN2. The lowest BCUT2D eigenvalue weighted by molar-refractivity contribution is 0.552. The van der Waals surface area contributed by atoms with Gasteiger partial charge in [-0.15, -0.1) is 0 Å². The van der Waals surface area contributed by atoms with Crippen LogP contribution in [0.3, 0.4) is 0 Å². The second kappa shape index (κ2) is 7.15. The first-order chi connectivity index (χ1) is 8.42. The molecule has 1 aromatic carbocycles. The Bertz CT molecular complexity index is 365. The topological polar surface area (TPSA) is 29.3 Å². The second-order valence-corrected chi connectivity index (χ2v) is 6.63. The third kappa shape index (κ3) is 4.99. The van der Waals surface area contributed by atoms with Gasteiger partial charge in [0.1, 0.15) is 0 Å². The largest absolute Gasteiger partial charge is 0.371 e. The Morgan fingerprint density at radius 2 is 1.61 bits per heavy atom. The summed E-state index contributed by atoms with van der Waals surface area (Å²) >= 11 is 3.57. The molecule has 0 radical (unpaired) electrons. The summed E-state index contributed by atoms with van der Waals surface area (Å²) < 4.78 is 1.11. The van der Waals surface area contributed by atoms with E-state index in [2.05, 4.69) is 66.7 Å². The highest BCUT2D eigenvalue weighted by Gasteiger charge is 2.11. The summed E-state index contributed by atoms with van der Waals surface area (Å²) in [7, 11) is 0. The average molecular weight is 313 g/mol. The van der Waals surface area contributed by atoms with Gasteiger partial charge in [0.2, 0.25) is 0 Å². The molecule has 0 unspecified atom stereocenters. The van der Waals surface area contributed by atoms with E-state index in [1.165, 1.54) is 11.3 Å². The number of halogens is 1. The molecule has 18 heavy (non-hydrogen) atoms. The third-order valence-electron chi connectivity index (χ3n) is 2.71. The van der Waals surface area contributed by atoms with Gasteiger partial charge in [0, 0.05) is 29.8 Å². The fourth-order valence-corrected chi connectivity index (χ4v) is 2.63. The van der Waals surface area contributed by atoms with Crippen LogP contribution in [0.5, 0.6) is 0 Å². The van der Waals surface area contributed by atoms with Gasteiger partial charge in [0.15, 0.2) is 0 Å². The molecular weight excluding hydrogens is 288 g/mol. The van der Waals surface area contributed by atoms with Crippen molar-refractivity contribution in [2.45, 2.75) is 34.2 Å². The van der Waals surface area contributed by atoms with Crippen LogP contribution in [0.2, 0.25) is 0 Å². The minimum absolute atomic E-state index is 0.587. The number of hydrogen-bond donors (Lipinski definition) is 1. The van der Waals surface area contributed by atoms with Gasteiger partial charge in [-0.3, -0.25) is 0 Å². The molecule has 0 amide bonds. The first-order valence-electron chi connectivity index (χ1n) is 6.66. The monoisotopic (exact) mass is 312 g/mol. The van der Waals surface area contributed by atoms with Crippen LogP contribution < -0.4 is 10.6 Å². The molecule has 2 nitrogen and oxygen atoms in total. The van der Waals surface area contributed by atoms with E-state index in [1.807, 2.05) is 0 Å². The minimum Gasteiger partial charge on any atom is -0.371 e. The van der Waals surface area contributed by atoms with Gasteiger partial charge < -0.3 is 10.6 Å². The number of benzene rings is 1. The van der Waals surface area contributed by atoms with Crippen molar-refractivity contribution < 1.29 is 0 Å². The molecule has 0 spiro atoms.